The van der Waals surface area contributed by atoms with E-state index in [0.717, 1.165) is 22.9 Å². The molecule has 0 spiro atoms. The van der Waals surface area contributed by atoms with Crippen molar-refractivity contribution < 1.29 is 9.47 Å². The number of anilines is 1. The van der Waals surface area contributed by atoms with Gasteiger partial charge in [-0.3, -0.25) is 4.99 Å². The molecule has 6 nitrogen and oxygen atoms in total. The van der Waals surface area contributed by atoms with Crippen LogP contribution in [0.5, 0.6) is 11.5 Å². The number of benzene rings is 1. The summed E-state index contributed by atoms with van der Waals surface area (Å²) in [6.07, 6.45) is 0.775. The summed E-state index contributed by atoms with van der Waals surface area (Å²) >= 11 is 1.70. The zero-order chi connectivity index (χ0) is 16.8. The molecule has 1 aromatic carbocycles. The second kappa shape index (κ2) is 9.67. The number of rotatable bonds is 6. The number of aryl methyl sites for hydroxylation is 2. The SMILES string of the molecule is COc1ccc(OC)c(NC(N)=NCCc2nc(C)c(C)s2)c1.I. The van der Waals surface area contributed by atoms with Crippen LogP contribution < -0.4 is 20.5 Å². The average Bonchev–Trinajstić information content (AvgIpc) is 2.85. The van der Waals surface area contributed by atoms with Crippen molar-refractivity contribution in [1.82, 2.24) is 4.98 Å². The van der Waals surface area contributed by atoms with E-state index in [0.29, 0.717) is 23.9 Å². The molecule has 132 valence electrons. The lowest BCUT2D eigenvalue weighted by Gasteiger charge is -2.12. The van der Waals surface area contributed by atoms with Gasteiger partial charge in [0.25, 0.3) is 0 Å². The summed E-state index contributed by atoms with van der Waals surface area (Å²) in [6, 6.07) is 5.45. The second-order valence-electron chi connectivity index (χ2n) is 4.96. The number of methoxy groups -OCH3 is 2. The molecule has 8 heteroatoms. The molecule has 0 radical (unpaired) electrons. The Morgan fingerprint density at radius 3 is 2.62 bits per heavy atom. The Balaban J connectivity index is 0.00000288. The van der Waals surface area contributed by atoms with Crippen LogP contribution in [-0.2, 0) is 6.42 Å². The highest BCUT2D eigenvalue weighted by atomic mass is 127. The van der Waals surface area contributed by atoms with Crippen LogP contribution in [0.3, 0.4) is 0 Å². The normalized spacial score (nSPS) is 10.9. The standard InChI is InChI=1S/C16H22N4O2S.HI/c1-10-11(2)23-15(19-10)7-8-18-16(17)20-13-9-12(21-3)5-6-14(13)22-4;/h5-6,9H,7-8H2,1-4H3,(H3,17,18,20);1H. The maximum absolute atomic E-state index is 5.95. The minimum atomic E-state index is 0. The van der Waals surface area contributed by atoms with Crippen molar-refractivity contribution in [2.45, 2.75) is 20.3 Å². The highest BCUT2D eigenvalue weighted by Gasteiger charge is 2.06. The Bertz CT molecular complexity index is 684. The van der Waals surface area contributed by atoms with Gasteiger partial charge in [-0.1, -0.05) is 0 Å². The highest BCUT2D eigenvalue weighted by Crippen LogP contribution is 2.28. The van der Waals surface area contributed by atoms with Crippen LogP contribution in [0.15, 0.2) is 23.2 Å². The van der Waals surface area contributed by atoms with E-state index in [4.69, 9.17) is 15.2 Å². The lowest BCUT2D eigenvalue weighted by Crippen LogP contribution is -2.23. The number of nitrogens with two attached hydrogens (primary N) is 1. The van der Waals surface area contributed by atoms with Gasteiger partial charge < -0.3 is 20.5 Å². The number of aliphatic imine (C=N–C) groups is 1. The summed E-state index contributed by atoms with van der Waals surface area (Å²) in [4.78, 5) is 10.1. The van der Waals surface area contributed by atoms with Gasteiger partial charge in [0.2, 0.25) is 0 Å². The van der Waals surface area contributed by atoms with Crippen LogP contribution >= 0.6 is 35.3 Å². The zero-order valence-electron chi connectivity index (χ0n) is 14.3. The quantitative estimate of drug-likeness (QED) is 0.391. The molecule has 0 aliphatic carbocycles. The van der Waals surface area contributed by atoms with Crippen LogP contribution in [0.25, 0.3) is 0 Å². The van der Waals surface area contributed by atoms with Crippen LogP contribution in [0, 0.1) is 13.8 Å². The van der Waals surface area contributed by atoms with E-state index in [1.165, 1.54) is 4.88 Å². The second-order valence-corrected chi connectivity index (χ2v) is 6.25. The number of hydrogen-bond donors (Lipinski definition) is 2. The predicted octanol–water partition coefficient (Wildman–Crippen LogP) is 3.36. The van der Waals surface area contributed by atoms with Crippen molar-refractivity contribution in [3.63, 3.8) is 0 Å². The molecular weight excluding hydrogens is 439 g/mol. The summed E-state index contributed by atoms with van der Waals surface area (Å²) < 4.78 is 10.5. The van der Waals surface area contributed by atoms with Gasteiger partial charge in [-0.25, -0.2) is 4.98 Å². The molecule has 1 aromatic heterocycles. The minimum absolute atomic E-state index is 0. The molecule has 3 N–H and O–H groups in total. The van der Waals surface area contributed by atoms with Crippen LogP contribution in [0.1, 0.15) is 15.6 Å². The average molecular weight is 462 g/mol. The molecule has 0 amide bonds. The van der Waals surface area contributed by atoms with Crippen molar-refractivity contribution >= 4 is 47.0 Å². The Morgan fingerprint density at radius 2 is 2.04 bits per heavy atom. The molecule has 1 heterocycles. The first-order valence-electron chi connectivity index (χ1n) is 7.25. The number of thiazole rings is 1. The fraction of sp³-hybridized carbons (Fsp3) is 0.375. The van der Waals surface area contributed by atoms with Crippen molar-refractivity contribution in [2.24, 2.45) is 10.7 Å². The molecule has 0 atom stereocenters. The molecule has 0 unspecified atom stereocenters. The van der Waals surface area contributed by atoms with Crippen molar-refractivity contribution in [1.29, 1.82) is 0 Å². The number of ether oxygens (including phenoxy) is 2. The number of aromatic nitrogens is 1. The van der Waals surface area contributed by atoms with Gasteiger partial charge in [0, 0.05) is 23.9 Å². The summed E-state index contributed by atoms with van der Waals surface area (Å²) in [5.41, 5.74) is 7.75. The van der Waals surface area contributed by atoms with Crippen LogP contribution in [-0.4, -0.2) is 31.7 Å². The monoisotopic (exact) mass is 462 g/mol. The third kappa shape index (κ3) is 5.52. The van der Waals surface area contributed by atoms with Gasteiger partial charge >= 0.3 is 0 Å². The first-order valence-corrected chi connectivity index (χ1v) is 8.07. The van der Waals surface area contributed by atoms with Crippen LogP contribution in [0.2, 0.25) is 0 Å². The van der Waals surface area contributed by atoms with E-state index in [1.807, 2.05) is 25.1 Å². The predicted molar refractivity (Wildman–Crippen MR) is 110 cm³/mol. The van der Waals surface area contributed by atoms with Gasteiger partial charge in [-0.05, 0) is 26.0 Å². The fourth-order valence-corrected chi connectivity index (χ4v) is 2.93. The maximum Gasteiger partial charge on any atom is 0.193 e. The fourth-order valence-electron chi connectivity index (χ4n) is 2.01. The molecule has 24 heavy (non-hydrogen) atoms. The molecule has 2 aromatic rings. The molecule has 0 aliphatic heterocycles. The lowest BCUT2D eigenvalue weighted by atomic mass is 10.2. The largest absolute Gasteiger partial charge is 0.497 e. The van der Waals surface area contributed by atoms with E-state index >= 15 is 0 Å². The van der Waals surface area contributed by atoms with Crippen molar-refractivity contribution in [3.8, 4) is 11.5 Å². The lowest BCUT2D eigenvalue weighted by molar-refractivity contribution is 0.405. The smallest absolute Gasteiger partial charge is 0.193 e. The molecular formula is C16H23IN4O2S. The molecule has 0 bridgehead atoms. The van der Waals surface area contributed by atoms with Crippen molar-refractivity contribution in [3.05, 3.63) is 33.8 Å². The Labute approximate surface area is 163 Å². The van der Waals surface area contributed by atoms with Gasteiger partial charge in [-0.15, -0.1) is 35.3 Å². The highest BCUT2D eigenvalue weighted by molar-refractivity contribution is 14.0. The van der Waals surface area contributed by atoms with Crippen LogP contribution in [0.4, 0.5) is 5.69 Å². The molecule has 0 saturated heterocycles. The molecule has 0 aliphatic rings. The molecule has 0 saturated carbocycles. The van der Waals surface area contributed by atoms with Gasteiger partial charge in [-0.2, -0.15) is 0 Å². The number of nitrogens with one attached hydrogen (secondary N) is 1. The molecule has 0 fully saturated rings. The van der Waals surface area contributed by atoms with Gasteiger partial charge in [0.15, 0.2) is 5.96 Å². The topological polar surface area (TPSA) is 81.8 Å². The van der Waals surface area contributed by atoms with E-state index < -0.39 is 0 Å². The Hall–Kier alpha value is -1.55. The Kier molecular flexibility index (Phi) is 8.26. The first kappa shape index (κ1) is 20.5. The number of hydrogen-bond acceptors (Lipinski definition) is 5. The summed E-state index contributed by atoms with van der Waals surface area (Å²) in [5, 5.41) is 4.12. The maximum atomic E-state index is 5.95. The number of halogens is 1. The summed E-state index contributed by atoms with van der Waals surface area (Å²) in [6.45, 7) is 4.67. The van der Waals surface area contributed by atoms with E-state index in [1.54, 1.807) is 25.6 Å². The van der Waals surface area contributed by atoms with E-state index in [2.05, 4.69) is 22.2 Å². The van der Waals surface area contributed by atoms with E-state index in [-0.39, 0.29) is 24.0 Å². The first-order chi connectivity index (χ1) is 11.0. The third-order valence-corrected chi connectivity index (χ3v) is 4.48. The summed E-state index contributed by atoms with van der Waals surface area (Å²) in [5.74, 6) is 1.73. The summed E-state index contributed by atoms with van der Waals surface area (Å²) in [7, 11) is 3.22. The Morgan fingerprint density at radius 1 is 1.29 bits per heavy atom. The minimum Gasteiger partial charge on any atom is -0.497 e. The van der Waals surface area contributed by atoms with E-state index in [9.17, 15) is 0 Å². The van der Waals surface area contributed by atoms with Gasteiger partial charge in [0.1, 0.15) is 11.5 Å². The van der Waals surface area contributed by atoms with Crippen molar-refractivity contribution in [2.75, 3.05) is 26.1 Å². The number of nitrogens with zero attached hydrogens (tertiary/aromatic N) is 2. The molecule has 2 rings (SSSR count). The number of guanidine groups is 1. The van der Waals surface area contributed by atoms with Gasteiger partial charge in [0.05, 0.1) is 30.6 Å². The third-order valence-electron chi connectivity index (χ3n) is 3.35. The zero-order valence-corrected chi connectivity index (χ0v) is 17.4.